The molecule has 0 aliphatic carbocycles. The summed E-state index contributed by atoms with van der Waals surface area (Å²) in [5, 5.41) is 1.03. The van der Waals surface area contributed by atoms with Crippen LogP contribution in [0.3, 0.4) is 0 Å². The molecule has 2 aromatic carbocycles. The third-order valence-corrected chi connectivity index (χ3v) is 5.76. The summed E-state index contributed by atoms with van der Waals surface area (Å²) in [5.41, 5.74) is 2.25. The Morgan fingerprint density at radius 2 is 1.94 bits per heavy atom. The molecular formula is C24H25Cl2NO4. The molecule has 5 nitrogen and oxygen atoms in total. The molecule has 2 aliphatic heterocycles. The van der Waals surface area contributed by atoms with E-state index < -0.39 is 11.4 Å². The molecule has 0 saturated heterocycles. The van der Waals surface area contributed by atoms with Gasteiger partial charge in [0.15, 0.2) is 11.5 Å². The summed E-state index contributed by atoms with van der Waals surface area (Å²) in [6.45, 7) is 8.49. The van der Waals surface area contributed by atoms with Crippen molar-refractivity contribution >= 4 is 34.9 Å². The number of amides is 1. The van der Waals surface area contributed by atoms with Crippen LogP contribution in [0.5, 0.6) is 11.5 Å². The van der Waals surface area contributed by atoms with Crippen molar-refractivity contribution in [1.29, 1.82) is 0 Å². The second-order valence-corrected chi connectivity index (χ2v) is 9.66. The number of fused-ring (bicyclic) bond motifs is 1. The maximum Gasteiger partial charge on any atom is 0.410 e. The smallest absolute Gasteiger partial charge is 0.410 e. The lowest BCUT2D eigenvalue weighted by Crippen LogP contribution is -2.39. The van der Waals surface area contributed by atoms with Crippen molar-refractivity contribution in [2.24, 2.45) is 0 Å². The maximum atomic E-state index is 12.3. The molecule has 4 rings (SSSR count). The number of hydrogen-bond donors (Lipinski definition) is 0. The van der Waals surface area contributed by atoms with E-state index in [4.69, 9.17) is 37.4 Å². The Morgan fingerprint density at radius 1 is 1.16 bits per heavy atom. The van der Waals surface area contributed by atoms with Gasteiger partial charge in [-0.2, -0.15) is 0 Å². The van der Waals surface area contributed by atoms with Gasteiger partial charge in [-0.05, 0) is 57.0 Å². The lowest BCUT2D eigenvalue weighted by Gasteiger charge is -2.30. The zero-order valence-corrected chi connectivity index (χ0v) is 19.5. The highest BCUT2D eigenvalue weighted by Crippen LogP contribution is 2.49. The molecule has 0 N–H and O–H groups in total. The minimum absolute atomic E-state index is 0.300. The van der Waals surface area contributed by atoms with Gasteiger partial charge in [-0.3, -0.25) is 0 Å². The van der Waals surface area contributed by atoms with Gasteiger partial charge in [0.1, 0.15) is 5.60 Å². The predicted molar refractivity (Wildman–Crippen MR) is 122 cm³/mol. The number of ether oxygens (including phenoxy) is 3. The van der Waals surface area contributed by atoms with Gasteiger partial charge in [0, 0.05) is 30.6 Å². The first-order chi connectivity index (χ1) is 14.6. The van der Waals surface area contributed by atoms with E-state index in [9.17, 15) is 4.79 Å². The molecule has 7 heteroatoms. The number of halogens is 2. The van der Waals surface area contributed by atoms with Gasteiger partial charge in [0.2, 0.25) is 0 Å². The Bertz CT molecular complexity index is 1060. The predicted octanol–water partition coefficient (Wildman–Crippen LogP) is 6.66. The zero-order chi connectivity index (χ0) is 22.4. The molecule has 0 saturated carbocycles. The molecule has 0 spiro atoms. The highest BCUT2D eigenvalue weighted by atomic mass is 35.5. The highest BCUT2D eigenvalue weighted by molar-refractivity contribution is 6.35. The summed E-state index contributed by atoms with van der Waals surface area (Å²) in [6.07, 6.45) is 2.43. The number of carbonyl (C=O) groups excluding carboxylic acids is 1. The quantitative estimate of drug-likeness (QED) is 0.501. The van der Waals surface area contributed by atoms with Crippen LogP contribution in [0.1, 0.15) is 45.2 Å². The zero-order valence-electron chi connectivity index (χ0n) is 18.0. The molecular weight excluding hydrogens is 437 g/mol. The number of rotatable bonds is 2. The van der Waals surface area contributed by atoms with Crippen LogP contribution in [-0.4, -0.2) is 29.7 Å². The summed E-state index contributed by atoms with van der Waals surface area (Å²) >= 11 is 12.5. The SMILES string of the molecule is CC(C)(C)OC(=O)N1CC=C(c2cccc3c2OC(C)(c2ccc(Cl)cc2Cl)O3)CC1. The Hall–Kier alpha value is -2.37. The van der Waals surface area contributed by atoms with Gasteiger partial charge in [0.25, 0.3) is 5.79 Å². The monoisotopic (exact) mass is 461 g/mol. The average molecular weight is 462 g/mol. The number of nitrogens with zero attached hydrogens (tertiary/aromatic N) is 1. The first kappa shape index (κ1) is 21.8. The molecule has 1 amide bonds. The highest BCUT2D eigenvalue weighted by Gasteiger charge is 2.42. The topological polar surface area (TPSA) is 48.0 Å². The van der Waals surface area contributed by atoms with Crippen molar-refractivity contribution in [3.63, 3.8) is 0 Å². The van der Waals surface area contributed by atoms with Gasteiger partial charge in [-0.1, -0.05) is 41.4 Å². The molecule has 1 atom stereocenters. The van der Waals surface area contributed by atoms with Crippen molar-refractivity contribution in [3.8, 4) is 11.5 Å². The van der Waals surface area contributed by atoms with E-state index in [1.807, 2.05) is 58.0 Å². The Labute approximate surface area is 192 Å². The molecule has 164 valence electrons. The summed E-state index contributed by atoms with van der Waals surface area (Å²) in [5.74, 6) is 0.271. The molecule has 2 aliphatic rings. The van der Waals surface area contributed by atoms with Crippen LogP contribution in [0.2, 0.25) is 10.0 Å². The summed E-state index contributed by atoms with van der Waals surface area (Å²) in [7, 11) is 0. The lowest BCUT2D eigenvalue weighted by atomic mass is 9.98. The fraction of sp³-hybridized carbons (Fsp3) is 0.375. The van der Waals surface area contributed by atoms with E-state index in [1.54, 1.807) is 17.0 Å². The lowest BCUT2D eigenvalue weighted by molar-refractivity contribution is -0.0680. The Morgan fingerprint density at radius 3 is 2.58 bits per heavy atom. The summed E-state index contributed by atoms with van der Waals surface area (Å²) in [4.78, 5) is 14.1. The molecule has 0 radical (unpaired) electrons. The largest absolute Gasteiger partial charge is 0.444 e. The van der Waals surface area contributed by atoms with Crippen molar-refractivity contribution < 1.29 is 19.0 Å². The minimum Gasteiger partial charge on any atom is -0.444 e. The number of hydrogen-bond acceptors (Lipinski definition) is 4. The normalized spacial score (nSPS) is 20.5. The van der Waals surface area contributed by atoms with E-state index >= 15 is 0 Å². The van der Waals surface area contributed by atoms with Crippen LogP contribution in [0.4, 0.5) is 4.79 Å². The minimum atomic E-state index is -1.06. The van der Waals surface area contributed by atoms with Crippen molar-refractivity contribution in [2.75, 3.05) is 13.1 Å². The average Bonchev–Trinajstić information content (AvgIpc) is 3.03. The van der Waals surface area contributed by atoms with Crippen molar-refractivity contribution in [2.45, 2.75) is 45.5 Å². The van der Waals surface area contributed by atoms with E-state index in [2.05, 4.69) is 0 Å². The van der Waals surface area contributed by atoms with E-state index in [1.165, 1.54) is 0 Å². The van der Waals surface area contributed by atoms with Crippen LogP contribution >= 0.6 is 23.2 Å². The van der Waals surface area contributed by atoms with Gasteiger partial charge >= 0.3 is 6.09 Å². The van der Waals surface area contributed by atoms with Crippen LogP contribution in [0, 0.1) is 0 Å². The Kier molecular flexibility index (Phi) is 5.61. The fourth-order valence-electron chi connectivity index (χ4n) is 3.75. The van der Waals surface area contributed by atoms with E-state index in [-0.39, 0.29) is 6.09 Å². The standard InChI is InChI=1S/C24H25Cl2NO4/c1-23(2,3)31-22(28)27-12-10-15(11-13-27)17-6-5-7-20-21(17)30-24(4,29-20)18-9-8-16(25)14-19(18)26/h5-10,14H,11-13H2,1-4H3. The first-order valence-corrected chi connectivity index (χ1v) is 11.0. The second kappa shape index (κ2) is 7.95. The number of para-hydroxylation sites is 1. The summed E-state index contributed by atoms with van der Waals surface area (Å²) in [6, 6.07) is 11.1. The molecule has 0 bridgehead atoms. The van der Waals surface area contributed by atoms with E-state index in [0.29, 0.717) is 46.6 Å². The van der Waals surface area contributed by atoms with Gasteiger partial charge < -0.3 is 19.1 Å². The molecule has 31 heavy (non-hydrogen) atoms. The molecule has 0 fully saturated rings. The maximum absolute atomic E-state index is 12.3. The summed E-state index contributed by atoms with van der Waals surface area (Å²) < 4.78 is 18.0. The van der Waals surface area contributed by atoms with Crippen LogP contribution in [0.15, 0.2) is 42.5 Å². The molecule has 1 unspecified atom stereocenters. The van der Waals surface area contributed by atoms with Gasteiger partial charge in [-0.25, -0.2) is 4.79 Å². The fourth-order valence-corrected chi connectivity index (χ4v) is 4.33. The second-order valence-electron chi connectivity index (χ2n) is 8.81. The molecule has 0 aromatic heterocycles. The van der Waals surface area contributed by atoms with E-state index in [0.717, 1.165) is 11.1 Å². The number of carbonyl (C=O) groups is 1. The third kappa shape index (κ3) is 4.48. The first-order valence-electron chi connectivity index (χ1n) is 10.2. The molecule has 2 heterocycles. The van der Waals surface area contributed by atoms with Gasteiger partial charge in [0.05, 0.1) is 10.6 Å². The van der Waals surface area contributed by atoms with Crippen molar-refractivity contribution in [3.05, 3.63) is 63.6 Å². The van der Waals surface area contributed by atoms with Crippen LogP contribution in [0.25, 0.3) is 5.57 Å². The van der Waals surface area contributed by atoms with Crippen LogP contribution in [-0.2, 0) is 10.5 Å². The third-order valence-electron chi connectivity index (χ3n) is 5.21. The Balaban J connectivity index is 1.57. The van der Waals surface area contributed by atoms with Crippen molar-refractivity contribution in [1.82, 2.24) is 4.90 Å². The van der Waals surface area contributed by atoms with Gasteiger partial charge in [-0.15, -0.1) is 0 Å². The van der Waals surface area contributed by atoms with Crippen LogP contribution < -0.4 is 9.47 Å². The molecule has 2 aromatic rings. The number of benzene rings is 2.